The Morgan fingerprint density at radius 3 is 2.78 bits per heavy atom. The van der Waals surface area contributed by atoms with Crippen LogP contribution in [0.1, 0.15) is 12.5 Å². The molecule has 0 unspecified atom stereocenters. The Labute approximate surface area is 108 Å². The minimum absolute atomic E-state index is 0.840. The zero-order valence-electron chi connectivity index (χ0n) is 10.8. The van der Waals surface area contributed by atoms with Crippen molar-refractivity contribution < 1.29 is 4.74 Å². The van der Waals surface area contributed by atoms with Gasteiger partial charge in [-0.2, -0.15) is 0 Å². The van der Waals surface area contributed by atoms with E-state index >= 15 is 0 Å². The summed E-state index contributed by atoms with van der Waals surface area (Å²) in [6.07, 6.45) is 1.81. The molecule has 94 valence electrons. The van der Waals surface area contributed by atoms with Gasteiger partial charge in [0.1, 0.15) is 5.75 Å². The zero-order valence-corrected chi connectivity index (χ0v) is 10.8. The van der Waals surface area contributed by atoms with Crippen molar-refractivity contribution in [3.8, 4) is 17.0 Å². The first-order valence-electron chi connectivity index (χ1n) is 6.14. The van der Waals surface area contributed by atoms with Gasteiger partial charge in [-0.05, 0) is 36.4 Å². The summed E-state index contributed by atoms with van der Waals surface area (Å²) in [4.78, 5) is 4.41. The van der Waals surface area contributed by atoms with Gasteiger partial charge in [-0.25, -0.2) is 0 Å². The fourth-order valence-electron chi connectivity index (χ4n) is 1.86. The van der Waals surface area contributed by atoms with E-state index in [1.807, 2.05) is 36.5 Å². The molecule has 3 heteroatoms. The quantitative estimate of drug-likeness (QED) is 0.875. The van der Waals surface area contributed by atoms with Crippen LogP contribution >= 0.6 is 0 Å². The summed E-state index contributed by atoms with van der Waals surface area (Å²) in [5.74, 6) is 0.857. The van der Waals surface area contributed by atoms with Crippen LogP contribution in [0.4, 0.5) is 0 Å². The molecule has 3 nitrogen and oxygen atoms in total. The van der Waals surface area contributed by atoms with Gasteiger partial charge < -0.3 is 10.1 Å². The molecule has 2 aromatic rings. The Hall–Kier alpha value is -1.87. The summed E-state index contributed by atoms with van der Waals surface area (Å²) in [5.41, 5.74) is 3.33. The highest BCUT2D eigenvalue weighted by molar-refractivity contribution is 5.65. The molecule has 0 amide bonds. The van der Waals surface area contributed by atoms with E-state index in [1.165, 1.54) is 5.56 Å². The molecule has 0 aliphatic heterocycles. The van der Waals surface area contributed by atoms with E-state index in [0.717, 1.165) is 30.1 Å². The summed E-state index contributed by atoms with van der Waals surface area (Å²) >= 11 is 0. The SMILES string of the molecule is CCNCc1ccc(OC)cc1-c1ccccn1. The molecule has 0 spiro atoms. The standard InChI is InChI=1S/C15H18N2O/c1-3-16-11-12-7-8-13(18-2)10-14(12)15-6-4-5-9-17-15/h4-10,16H,3,11H2,1-2H3. The van der Waals surface area contributed by atoms with Crippen LogP contribution in [-0.4, -0.2) is 18.6 Å². The number of aromatic nitrogens is 1. The average molecular weight is 242 g/mol. The summed E-state index contributed by atoms with van der Waals surface area (Å²) in [7, 11) is 1.68. The van der Waals surface area contributed by atoms with E-state index in [1.54, 1.807) is 7.11 Å². The first kappa shape index (κ1) is 12.6. The third-order valence-corrected chi connectivity index (χ3v) is 2.82. The molecular formula is C15H18N2O. The highest BCUT2D eigenvalue weighted by atomic mass is 16.5. The van der Waals surface area contributed by atoms with E-state index in [0.29, 0.717) is 0 Å². The van der Waals surface area contributed by atoms with Crippen LogP contribution in [0.3, 0.4) is 0 Å². The smallest absolute Gasteiger partial charge is 0.119 e. The second kappa shape index (κ2) is 6.17. The molecule has 0 radical (unpaired) electrons. The van der Waals surface area contributed by atoms with Crippen LogP contribution in [0.2, 0.25) is 0 Å². The lowest BCUT2D eigenvalue weighted by Crippen LogP contribution is -2.12. The van der Waals surface area contributed by atoms with Gasteiger partial charge in [-0.1, -0.05) is 19.1 Å². The van der Waals surface area contributed by atoms with Crippen molar-refractivity contribution in [2.45, 2.75) is 13.5 Å². The van der Waals surface area contributed by atoms with E-state index in [2.05, 4.69) is 23.3 Å². The number of hydrogen-bond acceptors (Lipinski definition) is 3. The van der Waals surface area contributed by atoms with Gasteiger partial charge in [0.25, 0.3) is 0 Å². The van der Waals surface area contributed by atoms with Gasteiger partial charge in [-0.3, -0.25) is 4.98 Å². The number of methoxy groups -OCH3 is 1. The maximum atomic E-state index is 5.29. The van der Waals surface area contributed by atoms with Gasteiger partial charge in [-0.15, -0.1) is 0 Å². The maximum absolute atomic E-state index is 5.29. The van der Waals surface area contributed by atoms with Gasteiger partial charge in [0.05, 0.1) is 12.8 Å². The number of pyridine rings is 1. The number of ether oxygens (including phenoxy) is 1. The van der Waals surface area contributed by atoms with Gasteiger partial charge in [0.15, 0.2) is 0 Å². The third kappa shape index (κ3) is 2.87. The lowest BCUT2D eigenvalue weighted by Gasteiger charge is -2.11. The molecule has 0 saturated carbocycles. The molecule has 1 aromatic carbocycles. The van der Waals surface area contributed by atoms with Crippen molar-refractivity contribution in [1.29, 1.82) is 0 Å². The Kier molecular flexibility index (Phi) is 4.31. The molecule has 18 heavy (non-hydrogen) atoms. The molecular weight excluding hydrogens is 224 g/mol. The lowest BCUT2D eigenvalue weighted by atomic mass is 10.0. The zero-order chi connectivity index (χ0) is 12.8. The van der Waals surface area contributed by atoms with E-state index in [4.69, 9.17) is 4.74 Å². The van der Waals surface area contributed by atoms with E-state index in [9.17, 15) is 0 Å². The van der Waals surface area contributed by atoms with Crippen molar-refractivity contribution >= 4 is 0 Å². The van der Waals surface area contributed by atoms with Crippen LogP contribution < -0.4 is 10.1 Å². The summed E-state index contributed by atoms with van der Waals surface area (Å²) in [6.45, 7) is 3.89. The van der Waals surface area contributed by atoms with Crippen molar-refractivity contribution in [3.05, 3.63) is 48.2 Å². The second-order valence-electron chi connectivity index (χ2n) is 4.02. The number of hydrogen-bond donors (Lipinski definition) is 1. The molecule has 2 rings (SSSR count). The number of benzene rings is 1. The minimum Gasteiger partial charge on any atom is -0.497 e. The fraction of sp³-hybridized carbons (Fsp3) is 0.267. The third-order valence-electron chi connectivity index (χ3n) is 2.82. The molecule has 1 heterocycles. The van der Waals surface area contributed by atoms with Crippen LogP contribution in [0, 0.1) is 0 Å². The highest BCUT2D eigenvalue weighted by Gasteiger charge is 2.07. The lowest BCUT2D eigenvalue weighted by molar-refractivity contribution is 0.415. The predicted octanol–water partition coefficient (Wildman–Crippen LogP) is 2.87. The normalized spacial score (nSPS) is 10.3. The van der Waals surface area contributed by atoms with Crippen LogP contribution in [0.15, 0.2) is 42.6 Å². The highest BCUT2D eigenvalue weighted by Crippen LogP contribution is 2.26. The van der Waals surface area contributed by atoms with Crippen molar-refractivity contribution in [3.63, 3.8) is 0 Å². The Balaban J connectivity index is 2.41. The van der Waals surface area contributed by atoms with Gasteiger partial charge >= 0.3 is 0 Å². The van der Waals surface area contributed by atoms with Crippen molar-refractivity contribution in [1.82, 2.24) is 10.3 Å². The maximum Gasteiger partial charge on any atom is 0.119 e. The second-order valence-corrected chi connectivity index (χ2v) is 4.02. The Bertz CT molecular complexity index is 497. The van der Waals surface area contributed by atoms with Crippen LogP contribution in [0.5, 0.6) is 5.75 Å². The summed E-state index contributed by atoms with van der Waals surface area (Å²) < 4.78 is 5.29. The van der Waals surface area contributed by atoms with E-state index in [-0.39, 0.29) is 0 Å². The largest absolute Gasteiger partial charge is 0.497 e. The molecule has 0 fully saturated rings. The van der Waals surface area contributed by atoms with E-state index < -0.39 is 0 Å². The molecule has 1 aromatic heterocycles. The summed E-state index contributed by atoms with van der Waals surface area (Å²) in [5, 5.41) is 3.34. The molecule has 0 saturated heterocycles. The van der Waals surface area contributed by atoms with Crippen molar-refractivity contribution in [2.75, 3.05) is 13.7 Å². The molecule has 0 atom stereocenters. The topological polar surface area (TPSA) is 34.1 Å². The van der Waals surface area contributed by atoms with Crippen molar-refractivity contribution in [2.24, 2.45) is 0 Å². The number of nitrogens with one attached hydrogen (secondary N) is 1. The first-order chi connectivity index (χ1) is 8.85. The number of nitrogens with zero attached hydrogens (tertiary/aromatic N) is 1. The molecule has 0 aliphatic rings. The Morgan fingerprint density at radius 2 is 2.11 bits per heavy atom. The fourth-order valence-corrected chi connectivity index (χ4v) is 1.86. The van der Waals surface area contributed by atoms with Gasteiger partial charge in [0.2, 0.25) is 0 Å². The van der Waals surface area contributed by atoms with Gasteiger partial charge in [0, 0.05) is 18.3 Å². The first-order valence-corrected chi connectivity index (χ1v) is 6.14. The van der Waals surface area contributed by atoms with Crippen LogP contribution in [0.25, 0.3) is 11.3 Å². The number of rotatable bonds is 5. The predicted molar refractivity (Wildman–Crippen MR) is 73.6 cm³/mol. The summed E-state index contributed by atoms with van der Waals surface area (Å²) in [6, 6.07) is 12.1. The molecule has 1 N–H and O–H groups in total. The minimum atomic E-state index is 0.840. The monoisotopic (exact) mass is 242 g/mol. The Morgan fingerprint density at radius 1 is 1.22 bits per heavy atom. The average Bonchev–Trinajstić information content (AvgIpc) is 2.46. The van der Waals surface area contributed by atoms with Crippen LogP contribution in [-0.2, 0) is 6.54 Å². The molecule has 0 bridgehead atoms. The molecule has 0 aliphatic carbocycles.